The first-order valence-electron chi connectivity index (χ1n) is 5.93. The second-order valence-electron chi connectivity index (χ2n) is 4.62. The highest BCUT2D eigenvalue weighted by Crippen LogP contribution is 2.32. The smallest absolute Gasteiger partial charge is 0.326 e. The van der Waals surface area contributed by atoms with Crippen molar-refractivity contribution in [2.45, 2.75) is 25.8 Å². The molecule has 1 aromatic rings. The van der Waals surface area contributed by atoms with Crippen LogP contribution in [0.3, 0.4) is 0 Å². The van der Waals surface area contributed by atoms with Crippen LogP contribution in [0.4, 0.5) is 10.5 Å². The molecule has 1 aliphatic rings. The Morgan fingerprint density at radius 3 is 2.67 bits per heavy atom. The number of rotatable bonds is 4. The molecule has 0 saturated heterocycles. The van der Waals surface area contributed by atoms with E-state index in [1.165, 1.54) is 0 Å². The summed E-state index contributed by atoms with van der Waals surface area (Å²) in [6.07, 6.45) is 1.73. The molecule has 1 atom stereocenters. The minimum absolute atomic E-state index is 0.0748. The van der Waals surface area contributed by atoms with Crippen molar-refractivity contribution in [1.82, 2.24) is 5.32 Å². The number of aliphatic carboxylic acids is 1. The lowest BCUT2D eigenvalue weighted by molar-refractivity contribution is -0.139. The van der Waals surface area contributed by atoms with E-state index >= 15 is 0 Å². The van der Waals surface area contributed by atoms with Gasteiger partial charge in [-0.25, -0.2) is 9.59 Å². The summed E-state index contributed by atoms with van der Waals surface area (Å²) in [6, 6.07) is 6.09. The summed E-state index contributed by atoms with van der Waals surface area (Å²) < 4.78 is 0. The molecule has 18 heavy (non-hydrogen) atoms. The molecule has 1 fully saturated rings. The van der Waals surface area contributed by atoms with Crippen LogP contribution in [0.5, 0.6) is 0 Å². The zero-order chi connectivity index (χ0) is 13.1. The van der Waals surface area contributed by atoms with Gasteiger partial charge in [0.15, 0.2) is 0 Å². The summed E-state index contributed by atoms with van der Waals surface area (Å²) in [4.78, 5) is 22.7. The van der Waals surface area contributed by atoms with Crippen LogP contribution in [0, 0.1) is 12.8 Å². The van der Waals surface area contributed by atoms with Crippen LogP contribution in [0.25, 0.3) is 0 Å². The van der Waals surface area contributed by atoms with Crippen molar-refractivity contribution in [2.75, 3.05) is 5.32 Å². The number of benzene rings is 1. The number of carboxylic acid groups (broad SMARTS) is 1. The standard InChI is InChI=1S/C13H16N2O3/c1-8-3-2-4-10(7-8)14-13(18)15-11(12(16)17)9-5-6-9/h2-4,7,9,11H,5-6H2,1H3,(H,16,17)(H2,14,15,18). The fourth-order valence-corrected chi connectivity index (χ4v) is 1.84. The van der Waals surface area contributed by atoms with E-state index in [9.17, 15) is 9.59 Å². The fourth-order valence-electron chi connectivity index (χ4n) is 1.84. The third kappa shape index (κ3) is 3.23. The largest absolute Gasteiger partial charge is 0.480 e. The van der Waals surface area contributed by atoms with E-state index in [1.807, 2.05) is 25.1 Å². The molecule has 1 aromatic carbocycles. The maximum absolute atomic E-state index is 11.7. The van der Waals surface area contributed by atoms with E-state index < -0.39 is 18.0 Å². The second-order valence-corrected chi connectivity index (χ2v) is 4.62. The Labute approximate surface area is 105 Å². The van der Waals surface area contributed by atoms with Crippen LogP contribution in [-0.4, -0.2) is 23.1 Å². The molecule has 0 spiro atoms. The predicted octanol–water partition coefficient (Wildman–Crippen LogP) is 1.98. The van der Waals surface area contributed by atoms with Gasteiger partial charge in [-0.3, -0.25) is 0 Å². The summed E-state index contributed by atoms with van der Waals surface area (Å²) in [5.74, 6) is -0.900. The molecule has 1 saturated carbocycles. The first kappa shape index (κ1) is 12.4. The molecule has 0 aliphatic heterocycles. The number of amides is 2. The van der Waals surface area contributed by atoms with Crippen molar-refractivity contribution in [2.24, 2.45) is 5.92 Å². The summed E-state index contributed by atoms with van der Waals surface area (Å²) in [5.41, 5.74) is 1.69. The van der Waals surface area contributed by atoms with Crippen molar-refractivity contribution in [3.05, 3.63) is 29.8 Å². The van der Waals surface area contributed by atoms with Gasteiger partial charge in [-0.1, -0.05) is 12.1 Å². The summed E-state index contributed by atoms with van der Waals surface area (Å²) >= 11 is 0. The van der Waals surface area contributed by atoms with Gasteiger partial charge in [0, 0.05) is 5.69 Å². The molecule has 3 N–H and O–H groups in total. The Kier molecular flexibility index (Phi) is 3.50. The molecule has 0 radical (unpaired) electrons. The number of carbonyl (C=O) groups is 2. The van der Waals surface area contributed by atoms with Crippen molar-refractivity contribution >= 4 is 17.7 Å². The average Bonchev–Trinajstić information content (AvgIpc) is 3.09. The van der Waals surface area contributed by atoms with Gasteiger partial charge in [0.2, 0.25) is 0 Å². The quantitative estimate of drug-likeness (QED) is 0.762. The molecule has 1 aliphatic carbocycles. The van der Waals surface area contributed by atoms with Crippen molar-refractivity contribution in [3.8, 4) is 0 Å². The highest BCUT2D eigenvalue weighted by molar-refractivity contribution is 5.92. The molecule has 96 valence electrons. The number of urea groups is 1. The SMILES string of the molecule is Cc1cccc(NC(=O)NC(C(=O)O)C2CC2)c1. The number of carbonyl (C=O) groups excluding carboxylic acids is 1. The normalized spacial score (nSPS) is 15.8. The number of anilines is 1. The first-order valence-corrected chi connectivity index (χ1v) is 5.93. The molecular weight excluding hydrogens is 232 g/mol. The molecule has 5 heteroatoms. The maximum Gasteiger partial charge on any atom is 0.326 e. The summed E-state index contributed by atoms with van der Waals surface area (Å²) in [7, 11) is 0. The zero-order valence-electron chi connectivity index (χ0n) is 10.1. The van der Waals surface area contributed by atoms with E-state index in [4.69, 9.17) is 5.11 Å². The number of hydrogen-bond acceptors (Lipinski definition) is 2. The molecule has 2 amide bonds. The van der Waals surface area contributed by atoms with Gasteiger partial charge in [-0.15, -0.1) is 0 Å². The molecular formula is C13H16N2O3. The molecule has 0 heterocycles. The van der Waals surface area contributed by atoms with E-state index in [0.717, 1.165) is 18.4 Å². The zero-order valence-corrected chi connectivity index (χ0v) is 10.1. The van der Waals surface area contributed by atoms with Crippen LogP contribution < -0.4 is 10.6 Å². The van der Waals surface area contributed by atoms with Crippen LogP contribution in [0.2, 0.25) is 0 Å². The van der Waals surface area contributed by atoms with E-state index in [-0.39, 0.29) is 5.92 Å². The second kappa shape index (κ2) is 5.08. The third-order valence-electron chi connectivity index (χ3n) is 2.92. The van der Waals surface area contributed by atoms with Crippen LogP contribution in [0.15, 0.2) is 24.3 Å². The van der Waals surface area contributed by atoms with Crippen LogP contribution in [-0.2, 0) is 4.79 Å². The number of aryl methyl sites for hydroxylation is 1. The summed E-state index contributed by atoms with van der Waals surface area (Å²) in [6.45, 7) is 1.92. The minimum atomic E-state index is -0.975. The Morgan fingerprint density at radius 2 is 2.11 bits per heavy atom. The Morgan fingerprint density at radius 1 is 1.39 bits per heavy atom. The van der Waals surface area contributed by atoms with Gasteiger partial charge in [0.05, 0.1) is 0 Å². The lowest BCUT2D eigenvalue weighted by Crippen LogP contribution is -2.44. The Balaban J connectivity index is 1.93. The number of carboxylic acids is 1. The minimum Gasteiger partial charge on any atom is -0.480 e. The van der Waals surface area contributed by atoms with Crippen LogP contribution in [0.1, 0.15) is 18.4 Å². The van der Waals surface area contributed by atoms with Gasteiger partial charge in [0.25, 0.3) is 0 Å². The number of hydrogen-bond donors (Lipinski definition) is 3. The Hall–Kier alpha value is -2.04. The van der Waals surface area contributed by atoms with E-state index in [0.29, 0.717) is 5.69 Å². The third-order valence-corrected chi connectivity index (χ3v) is 2.92. The van der Waals surface area contributed by atoms with Gasteiger partial charge >= 0.3 is 12.0 Å². The highest BCUT2D eigenvalue weighted by Gasteiger charge is 2.37. The molecule has 2 rings (SSSR count). The highest BCUT2D eigenvalue weighted by atomic mass is 16.4. The molecule has 1 unspecified atom stereocenters. The van der Waals surface area contributed by atoms with Gasteiger partial charge in [0.1, 0.15) is 6.04 Å². The number of nitrogens with one attached hydrogen (secondary N) is 2. The van der Waals surface area contributed by atoms with Gasteiger partial charge in [-0.2, -0.15) is 0 Å². The predicted molar refractivity (Wildman–Crippen MR) is 67.5 cm³/mol. The van der Waals surface area contributed by atoms with Crippen LogP contribution >= 0.6 is 0 Å². The average molecular weight is 248 g/mol. The molecule has 5 nitrogen and oxygen atoms in total. The lowest BCUT2D eigenvalue weighted by atomic mass is 10.2. The van der Waals surface area contributed by atoms with E-state index in [2.05, 4.69) is 10.6 Å². The van der Waals surface area contributed by atoms with E-state index in [1.54, 1.807) is 6.07 Å². The topological polar surface area (TPSA) is 78.4 Å². The van der Waals surface area contributed by atoms with Gasteiger partial charge < -0.3 is 15.7 Å². The molecule has 0 bridgehead atoms. The Bertz CT molecular complexity index is 469. The first-order chi connectivity index (χ1) is 8.56. The maximum atomic E-state index is 11.7. The molecule has 0 aromatic heterocycles. The monoisotopic (exact) mass is 248 g/mol. The van der Waals surface area contributed by atoms with Gasteiger partial charge in [-0.05, 0) is 43.4 Å². The fraction of sp³-hybridized carbons (Fsp3) is 0.385. The lowest BCUT2D eigenvalue weighted by Gasteiger charge is -2.14. The van der Waals surface area contributed by atoms with Crippen molar-refractivity contribution in [3.63, 3.8) is 0 Å². The van der Waals surface area contributed by atoms with Crippen molar-refractivity contribution in [1.29, 1.82) is 0 Å². The summed E-state index contributed by atoms with van der Waals surface area (Å²) in [5, 5.41) is 14.1. The van der Waals surface area contributed by atoms with Crippen molar-refractivity contribution < 1.29 is 14.7 Å².